The predicted molar refractivity (Wildman–Crippen MR) is 66.0 cm³/mol. The molecule has 15 heavy (non-hydrogen) atoms. The lowest BCUT2D eigenvalue weighted by molar-refractivity contribution is 0.411. The normalized spacial score (nSPS) is 8.87. The van der Waals surface area contributed by atoms with Crippen LogP contribution in [0.15, 0.2) is 12.1 Å². The van der Waals surface area contributed by atoms with Gasteiger partial charge in [0.2, 0.25) is 0 Å². The molecule has 0 fully saturated rings. The predicted octanol–water partition coefficient (Wildman–Crippen LogP) is 3.00. The van der Waals surface area contributed by atoms with Gasteiger partial charge in [0.15, 0.2) is 0 Å². The van der Waals surface area contributed by atoms with Crippen molar-refractivity contribution >= 4 is 11.4 Å². The third kappa shape index (κ3) is 3.27. The summed E-state index contributed by atoms with van der Waals surface area (Å²) in [5.74, 6) is 0.774. The molecular weight excluding hydrogens is 188 g/mol. The van der Waals surface area contributed by atoms with Crippen molar-refractivity contribution < 1.29 is 4.74 Å². The van der Waals surface area contributed by atoms with Gasteiger partial charge in [-0.1, -0.05) is 13.8 Å². The van der Waals surface area contributed by atoms with Gasteiger partial charge in [-0.2, -0.15) is 0 Å². The number of anilines is 1. The van der Waals surface area contributed by atoms with E-state index in [0.29, 0.717) is 11.4 Å². The van der Waals surface area contributed by atoms with Gasteiger partial charge in [0, 0.05) is 17.0 Å². The molecule has 84 valence electrons. The highest BCUT2D eigenvalue weighted by Gasteiger charge is 2.06. The lowest BCUT2D eigenvalue weighted by Gasteiger charge is -2.09. The summed E-state index contributed by atoms with van der Waals surface area (Å²) < 4.78 is 5.14. The third-order valence-corrected chi connectivity index (χ3v) is 1.97. The molecule has 1 aromatic carbocycles. The molecule has 0 aliphatic carbocycles. The fourth-order valence-corrected chi connectivity index (χ4v) is 1.26. The van der Waals surface area contributed by atoms with Crippen molar-refractivity contribution in [1.29, 1.82) is 5.41 Å². The molecule has 0 amide bonds. The monoisotopic (exact) mass is 208 g/mol. The van der Waals surface area contributed by atoms with Crippen molar-refractivity contribution in [1.82, 2.24) is 0 Å². The highest BCUT2D eigenvalue weighted by atomic mass is 16.5. The zero-order valence-electron chi connectivity index (χ0n) is 10.1. The van der Waals surface area contributed by atoms with E-state index < -0.39 is 0 Å². The van der Waals surface area contributed by atoms with Crippen molar-refractivity contribution in [3.8, 4) is 5.75 Å². The molecule has 0 spiro atoms. The average molecular weight is 208 g/mol. The van der Waals surface area contributed by atoms with E-state index in [2.05, 4.69) is 0 Å². The van der Waals surface area contributed by atoms with Gasteiger partial charge in [0.25, 0.3) is 0 Å². The highest BCUT2D eigenvalue weighted by Crippen LogP contribution is 2.24. The highest BCUT2D eigenvalue weighted by molar-refractivity contribution is 6.01. The van der Waals surface area contributed by atoms with E-state index in [1.807, 2.05) is 26.8 Å². The number of methoxy groups -OCH3 is 1. The number of nitrogen functional groups attached to an aromatic ring is 1. The maximum atomic E-state index is 7.48. The number of nitrogens with two attached hydrogens (primary N) is 1. The summed E-state index contributed by atoms with van der Waals surface area (Å²) >= 11 is 0. The molecule has 0 aliphatic rings. The van der Waals surface area contributed by atoms with Gasteiger partial charge in [-0.15, -0.1) is 0 Å². The minimum absolute atomic E-state index is 0.454. The Morgan fingerprint density at radius 3 is 2.27 bits per heavy atom. The van der Waals surface area contributed by atoms with Gasteiger partial charge in [-0.05, 0) is 31.5 Å². The quantitative estimate of drug-likeness (QED) is 0.579. The van der Waals surface area contributed by atoms with Gasteiger partial charge in [0.1, 0.15) is 5.75 Å². The van der Waals surface area contributed by atoms with Crippen LogP contribution in [-0.2, 0) is 0 Å². The van der Waals surface area contributed by atoms with Gasteiger partial charge in [0.05, 0.1) is 7.11 Å². The Bertz CT molecular complexity index is 346. The summed E-state index contributed by atoms with van der Waals surface area (Å²) in [5, 5.41) is 7.48. The largest absolute Gasteiger partial charge is 0.496 e. The SMILES string of the molecule is CC.COc1cc(C(C)=N)c(N)cc1C. The lowest BCUT2D eigenvalue weighted by atomic mass is 10.1. The number of rotatable bonds is 2. The first-order chi connectivity index (χ1) is 7.06. The molecular formula is C12H20N2O. The van der Waals surface area contributed by atoms with E-state index in [-0.39, 0.29) is 0 Å². The Labute approximate surface area is 91.8 Å². The second-order valence-electron chi connectivity index (χ2n) is 3.03. The van der Waals surface area contributed by atoms with Crippen molar-refractivity contribution in [2.24, 2.45) is 0 Å². The molecule has 0 saturated carbocycles. The van der Waals surface area contributed by atoms with Gasteiger partial charge >= 0.3 is 0 Å². The van der Waals surface area contributed by atoms with E-state index in [0.717, 1.165) is 16.9 Å². The van der Waals surface area contributed by atoms with Crippen molar-refractivity contribution in [2.75, 3.05) is 12.8 Å². The topological polar surface area (TPSA) is 59.1 Å². The zero-order chi connectivity index (χ0) is 12.0. The molecule has 3 heteroatoms. The van der Waals surface area contributed by atoms with Crippen LogP contribution in [0.4, 0.5) is 5.69 Å². The van der Waals surface area contributed by atoms with Crippen LogP contribution in [0.2, 0.25) is 0 Å². The summed E-state index contributed by atoms with van der Waals surface area (Å²) in [6.45, 7) is 7.64. The first kappa shape index (κ1) is 13.5. The number of hydrogen-bond acceptors (Lipinski definition) is 3. The van der Waals surface area contributed by atoms with E-state index in [1.165, 1.54) is 0 Å². The summed E-state index contributed by atoms with van der Waals surface area (Å²) in [4.78, 5) is 0. The Morgan fingerprint density at radius 1 is 1.33 bits per heavy atom. The Balaban J connectivity index is 0.000000921. The molecule has 0 bridgehead atoms. The molecule has 0 aliphatic heterocycles. The number of hydrogen-bond donors (Lipinski definition) is 2. The van der Waals surface area contributed by atoms with Crippen LogP contribution >= 0.6 is 0 Å². The smallest absolute Gasteiger partial charge is 0.122 e. The standard InChI is InChI=1S/C10H14N2O.C2H6/c1-6-4-9(12)8(7(2)11)5-10(6)13-3;1-2/h4-5,11H,12H2,1-3H3;1-2H3. The van der Waals surface area contributed by atoms with Crippen molar-refractivity contribution in [3.63, 3.8) is 0 Å². The van der Waals surface area contributed by atoms with Crippen LogP contribution in [0.25, 0.3) is 0 Å². The molecule has 0 saturated heterocycles. The fourth-order valence-electron chi connectivity index (χ4n) is 1.26. The second kappa shape index (κ2) is 6.06. The summed E-state index contributed by atoms with van der Waals surface area (Å²) in [5.41, 5.74) is 8.56. The Kier molecular flexibility index (Phi) is 5.45. The third-order valence-electron chi connectivity index (χ3n) is 1.97. The summed E-state index contributed by atoms with van der Waals surface area (Å²) in [6, 6.07) is 3.62. The first-order valence-corrected chi connectivity index (χ1v) is 5.06. The molecule has 0 atom stereocenters. The second-order valence-corrected chi connectivity index (χ2v) is 3.03. The lowest BCUT2D eigenvalue weighted by Crippen LogP contribution is -2.01. The van der Waals surface area contributed by atoms with E-state index in [4.69, 9.17) is 15.9 Å². The van der Waals surface area contributed by atoms with Crippen LogP contribution in [0.1, 0.15) is 31.9 Å². The average Bonchev–Trinajstić information content (AvgIpc) is 2.20. The summed E-state index contributed by atoms with van der Waals surface area (Å²) in [7, 11) is 1.61. The molecule has 1 rings (SSSR count). The molecule has 0 radical (unpaired) electrons. The van der Waals surface area contributed by atoms with Crippen LogP contribution < -0.4 is 10.5 Å². The first-order valence-electron chi connectivity index (χ1n) is 5.06. The number of benzene rings is 1. The zero-order valence-corrected chi connectivity index (χ0v) is 10.1. The number of nitrogens with one attached hydrogen (secondary N) is 1. The number of aryl methyl sites for hydroxylation is 1. The Morgan fingerprint density at radius 2 is 1.87 bits per heavy atom. The van der Waals surface area contributed by atoms with E-state index in [9.17, 15) is 0 Å². The van der Waals surface area contributed by atoms with Gasteiger partial charge in [-0.25, -0.2) is 0 Å². The van der Waals surface area contributed by atoms with Crippen molar-refractivity contribution in [3.05, 3.63) is 23.3 Å². The maximum absolute atomic E-state index is 7.48. The molecule has 3 N–H and O–H groups in total. The van der Waals surface area contributed by atoms with E-state index >= 15 is 0 Å². The Hall–Kier alpha value is -1.51. The molecule has 0 aromatic heterocycles. The maximum Gasteiger partial charge on any atom is 0.122 e. The van der Waals surface area contributed by atoms with Gasteiger partial charge < -0.3 is 15.9 Å². The molecule has 1 aromatic rings. The van der Waals surface area contributed by atoms with Gasteiger partial charge in [-0.3, -0.25) is 0 Å². The van der Waals surface area contributed by atoms with Crippen molar-refractivity contribution in [2.45, 2.75) is 27.7 Å². The minimum Gasteiger partial charge on any atom is -0.496 e. The van der Waals surface area contributed by atoms with Crippen LogP contribution in [0.3, 0.4) is 0 Å². The molecule has 3 nitrogen and oxygen atoms in total. The molecule has 0 heterocycles. The fraction of sp³-hybridized carbons (Fsp3) is 0.417. The molecule has 0 unspecified atom stereocenters. The van der Waals surface area contributed by atoms with Crippen LogP contribution in [0.5, 0.6) is 5.75 Å². The number of ether oxygens (including phenoxy) is 1. The summed E-state index contributed by atoms with van der Waals surface area (Å²) in [6.07, 6.45) is 0. The van der Waals surface area contributed by atoms with E-state index in [1.54, 1.807) is 20.1 Å². The van der Waals surface area contributed by atoms with Crippen LogP contribution in [-0.4, -0.2) is 12.8 Å². The van der Waals surface area contributed by atoms with Crippen LogP contribution in [0, 0.1) is 12.3 Å². The minimum atomic E-state index is 0.454.